The third-order valence-corrected chi connectivity index (χ3v) is 6.29. The van der Waals surface area contributed by atoms with Crippen molar-refractivity contribution in [2.45, 2.75) is 45.5 Å². The van der Waals surface area contributed by atoms with Crippen molar-refractivity contribution in [2.24, 2.45) is 13.0 Å². The third kappa shape index (κ3) is 6.44. The molecule has 4 rings (SSSR count). The lowest BCUT2D eigenvalue weighted by Gasteiger charge is -2.32. The van der Waals surface area contributed by atoms with E-state index in [-0.39, 0.29) is 17.2 Å². The normalized spacial score (nSPS) is 13.4. The molecule has 1 amide bonds. The van der Waals surface area contributed by atoms with Crippen molar-refractivity contribution < 1.29 is 31.8 Å². The van der Waals surface area contributed by atoms with Crippen LogP contribution in [0.3, 0.4) is 0 Å². The number of benzene rings is 2. The topological polar surface area (TPSA) is 87.4 Å². The van der Waals surface area contributed by atoms with Crippen LogP contribution in [0.5, 0.6) is 11.5 Å². The predicted octanol–water partition coefficient (Wildman–Crippen LogP) is 5.24. The molecule has 8 nitrogen and oxygen atoms in total. The van der Waals surface area contributed by atoms with E-state index in [0.717, 1.165) is 5.52 Å². The zero-order valence-corrected chi connectivity index (χ0v) is 22.1. The number of hydrogen-bond donors (Lipinski definition) is 1. The van der Waals surface area contributed by atoms with Crippen LogP contribution in [0.15, 0.2) is 71.8 Å². The Kier molecular flexibility index (Phi) is 8.17. The van der Waals surface area contributed by atoms with E-state index < -0.39 is 30.6 Å². The van der Waals surface area contributed by atoms with Gasteiger partial charge in [0.2, 0.25) is 5.56 Å². The molecule has 0 aliphatic carbocycles. The van der Waals surface area contributed by atoms with E-state index in [1.54, 1.807) is 62.2 Å². The number of fused-ring (bicyclic) bond motifs is 1. The van der Waals surface area contributed by atoms with Crippen molar-refractivity contribution in [2.75, 3.05) is 0 Å². The number of ether oxygens (including phenoxy) is 2. The number of nitrogens with zero attached hydrogens (tertiary/aromatic N) is 3. The van der Waals surface area contributed by atoms with Crippen LogP contribution in [0, 0.1) is 5.92 Å². The van der Waals surface area contributed by atoms with E-state index in [9.17, 15) is 27.2 Å². The summed E-state index contributed by atoms with van der Waals surface area (Å²) in [7, 11) is 1.63. The molecule has 0 aliphatic heterocycles. The van der Waals surface area contributed by atoms with E-state index in [2.05, 4.69) is 15.2 Å². The van der Waals surface area contributed by atoms with E-state index in [4.69, 9.17) is 4.74 Å². The maximum atomic E-state index is 13.8. The Labute approximate surface area is 227 Å². The molecule has 0 spiro atoms. The van der Waals surface area contributed by atoms with Gasteiger partial charge >= 0.3 is 12.5 Å². The molecule has 4 aromatic rings. The number of rotatable bonds is 10. The lowest BCUT2D eigenvalue weighted by Crippen LogP contribution is -2.49. The van der Waals surface area contributed by atoms with Gasteiger partial charge in [0, 0.05) is 31.6 Å². The first-order chi connectivity index (χ1) is 18.8. The fraction of sp³-hybridized carbons (Fsp3) is 0.321. The van der Waals surface area contributed by atoms with Gasteiger partial charge in [-0.25, -0.2) is 4.68 Å². The Morgan fingerprint density at radius 2 is 1.68 bits per heavy atom. The van der Waals surface area contributed by atoms with Crippen LogP contribution < -0.4 is 20.3 Å². The summed E-state index contributed by atoms with van der Waals surface area (Å²) in [5, 5.41) is 7.48. The summed E-state index contributed by atoms with van der Waals surface area (Å²) in [6.45, 7) is 0.969. The average molecular weight is 561 g/mol. The van der Waals surface area contributed by atoms with Crippen molar-refractivity contribution in [3.05, 3.63) is 82.9 Å². The molecule has 1 unspecified atom stereocenters. The lowest BCUT2D eigenvalue weighted by molar-refractivity contribution is -0.145. The molecule has 0 aliphatic rings. The molecule has 0 bridgehead atoms. The molecule has 2 heterocycles. The largest absolute Gasteiger partial charge is 0.484 e. The fourth-order valence-corrected chi connectivity index (χ4v) is 4.20. The van der Waals surface area contributed by atoms with Crippen LogP contribution in [-0.2, 0) is 11.8 Å². The summed E-state index contributed by atoms with van der Waals surface area (Å²) in [5.74, 6) is -5.18. The van der Waals surface area contributed by atoms with Gasteiger partial charge in [-0.1, -0.05) is 26.0 Å². The second-order valence-corrected chi connectivity index (χ2v) is 9.73. The molecule has 2 aromatic heterocycles. The van der Waals surface area contributed by atoms with E-state index in [0.29, 0.717) is 29.3 Å². The van der Waals surface area contributed by atoms with Gasteiger partial charge in [0.15, 0.2) is 0 Å². The van der Waals surface area contributed by atoms with Crippen molar-refractivity contribution in [3.8, 4) is 17.2 Å². The van der Waals surface area contributed by atoms with Crippen molar-refractivity contribution in [1.29, 1.82) is 0 Å². The molecular formula is C28H28F4N4O4. The highest BCUT2D eigenvalue weighted by atomic mass is 19.3. The quantitative estimate of drug-likeness (QED) is 0.268. The smallest absolute Gasteiger partial charge is 0.387 e. The summed E-state index contributed by atoms with van der Waals surface area (Å²) in [5.41, 5.74) is 1.66. The van der Waals surface area contributed by atoms with Crippen LogP contribution >= 0.6 is 0 Å². The number of alkyl halides is 4. The van der Waals surface area contributed by atoms with E-state index in [1.807, 2.05) is 0 Å². The number of carbonyl (C=O) groups excluding carboxylic acids is 1. The van der Waals surface area contributed by atoms with Crippen LogP contribution in [0.2, 0.25) is 0 Å². The SMILES string of the molecule is CC(C)C(NC(=O)C(C)(F)F)[C@H](Oc1ccc2c(cnn2-c2ccc(=O)n(C)c2)c1)c1ccc(OC(F)F)cc1. The van der Waals surface area contributed by atoms with Gasteiger partial charge < -0.3 is 19.4 Å². The monoisotopic (exact) mass is 560 g/mol. The van der Waals surface area contributed by atoms with Crippen molar-refractivity contribution >= 4 is 16.8 Å². The highest BCUT2D eigenvalue weighted by Gasteiger charge is 2.38. The first-order valence-electron chi connectivity index (χ1n) is 12.4. The van der Waals surface area contributed by atoms with Gasteiger partial charge in [-0.2, -0.15) is 22.7 Å². The summed E-state index contributed by atoms with van der Waals surface area (Å²) < 4.78 is 66.7. The number of amides is 1. The minimum absolute atomic E-state index is 0.0880. The van der Waals surface area contributed by atoms with E-state index >= 15 is 0 Å². The lowest BCUT2D eigenvalue weighted by atomic mass is 9.92. The highest BCUT2D eigenvalue weighted by Crippen LogP contribution is 2.32. The second-order valence-electron chi connectivity index (χ2n) is 9.73. The highest BCUT2D eigenvalue weighted by molar-refractivity contribution is 5.83. The summed E-state index contributed by atoms with van der Waals surface area (Å²) in [4.78, 5) is 24.0. The number of aryl methyl sites for hydroxylation is 1. The third-order valence-electron chi connectivity index (χ3n) is 6.29. The van der Waals surface area contributed by atoms with Gasteiger partial charge in [-0.3, -0.25) is 9.59 Å². The summed E-state index contributed by atoms with van der Waals surface area (Å²) in [6, 6.07) is 12.9. The zero-order valence-electron chi connectivity index (χ0n) is 22.1. The van der Waals surface area contributed by atoms with Gasteiger partial charge in [0.25, 0.3) is 5.91 Å². The Hall–Kier alpha value is -4.35. The first-order valence-corrected chi connectivity index (χ1v) is 12.4. The number of pyridine rings is 1. The Balaban J connectivity index is 1.70. The van der Waals surface area contributed by atoms with Crippen LogP contribution in [0.4, 0.5) is 17.6 Å². The maximum Gasteiger partial charge on any atom is 0.387 e. The van der Waals surface area contributed by atoms with Gasteiger partial charge in [0.05, 0.1) is 23.4 Å². The first kappa shape index (κ1) is 28.7. The number of hydrogen-bond acceptors (Lipinski definition) is 5. The summed E-state index contributed by atoms with van der Waals surface area (Å²) >= 11 is 0. The average Bonchev–Trinajstić information content (AvgIpc) is 3.30. The maximum absolute atomic E-state index is 13.8. The van der Waals surface area contributed by atoms with E-state index in [1.165, 1.54) is 34.9 Å². The fourth-order valence-electron chi connectivity index (χ4n) is 4.20. The van der Waals surface area contributed by atoms with Crippen LogP contribution in [-0.4, -0.2) is 38.8 Å². The predicted molar refractivity (Wildman–Crippen MR) is 140 cm³/mol. The Morgan fingerprint density at radius 1 is 1.00 bits per heavy atom. The molecule has 2 aromatic carbocycles. The molecule has 0 saturated heterocycles. The van der Waals surface area contributed by atoms with Crippen LogP contribution in [0.1, 0.15) is 32.4 Å². The number of carbonyl (C=O) groups is 1. The van der Waals surface area contributed by atoms with Gasteiger partial charge in [-0.15, -0.1) is 0 Å². The standard InChI is InChI=1S/C28H28F4N4O4/c1-16(2)24(34-26(38)28(3,31)32)25(17-5-8-20(9-6-17)40-27(29)30)39-21-10-11-22-18(13-21)14-33-36(22)19-7-12-23(37)35(4)15-19/h5-16,24-25,27H,1-4H3,(H,34,38)/t24?,25-/m1/s1. The van der Waals surface area contributed by atoms with Gasteiger partial charge in [-0.05, 0) is 47.9 Å². The molecule has 40 heavy (non-hydrogen) atoms. The second kappa shape index (κ2) is 11.4. The number of halogens is 4. The number of aromatic nitrogens is 3. The molecule has 1 N–H and O–H groups in total. The van der Waals surface area contributed by atoms with Crippen molar-refractivity contribution in [3.63, 3.8) is 0 Å². The molecule has 212 valence electrons. The summed E-state index contributed by atoms with van der Waals surface area (Å²) in [6.07, 6.45) is 2.29. The molecule has 0 fully saturated rings. The molecule has 0 saturated carbocycles. The molecule has 12 heteroatoms. The minimum Gasteiger partial charge on any atom is -0.484 e. The van der Waals surface area contributed by atoms with Crippen molar-refractivity contribution in [1.82, 2.24) is 19.7 Å². The molecular weight excluding hydrogens is 532 g/mol. The minimum atomic E-state index is -3.62. The van der Waals surface area contributed by atoms with Crippen LogP contribution in [0.25, 0.3) is 16.6 Å². The Bertz CT molecular complexity index is 1540. The Morgan fingerprint density at radius 3 is 2.27 bits per heavy atom. The number of nitrogens with one attached hydrogen (secondary N) is 1. The molecule has 0 radical (unpaired) electrons. The van der Waals surface area contributed by atoms with Gasteiger partial charge in [0.1, 0.15) is 17.6 Å². The molecule has 2 atom stereocenters. The zero-order chi connectivity index (χ0) is 29.2.